The molecule has 1 aromatic rings. The topological polar surface area (TPSA) is 58.2 Å². The lowest BCUT2D eigenvalue weighted by molar-refractivity contribution is 0.576. The van der Waals surface area contributed by atoms with E-state index in [0.717, 1.165) is 17.4 Å². The van der Waals surface area contributed by atoms with Gasteiger partial charge >= 0.3 is 0 Å². The summed E-state index contributed by atoms with van der Waals surface area (Å²) in [6.07, 6.45) is 0.984. The maximum absolute atomic E-state index is 12.2. The van der Waals surface area contributed by atoms with Crippen molar-refractivity contribution in [2.75, 3.05) is 17.8 Å². The molecule has 0 bridgehead atoms. The van der Waals surface area contributed by atoms with Crippen molar-refractivity contribution in [1.82, 2.24) is 5.32 Å². The zero-order valence-electron chi connectivity index (χ0n) is 10.9. The van der Waals surface area contributed by atoms with E-state index in [4.69, 9.17) is 0 Å². The van der Waals surface area contributed by atoms with E-state index in [1.807, 2.05) is 13.0 Å². The van der Waals surface area contributed by atoms with Gasteiger partial charge in [-0.25, -0.2) is 8.42 Å². The number of nitrogens with one attached hydrogen (secondary N) is 2. The number of anilines is 1. The molecule has 19 heavy (non-hydrogen) atoms. The Hall–Kier alpha value is -0.110. The van der Waals surface area contributed by atoms with Crippen molar-refractivity contribution >= 4 is 47.6 Å². The van der Waals surface area contributed by atoms with Gasteiger partial charge in [0.1, 0.15) is 0 Å². The lowest BCUT2D eigenvalue weighted by Gasteiger charge is -2.16. The van der Waals surface area contributed by atoms with Crippen LogP contribution in [-0.4, -0.2) is 26.8 Å². The molecule has 1 rings (SSSR count). The van der Waals surface area contributed by atoms with Crippen LogP contribution in [0.3, 0.4) is 0 Å². The summed E-state index contributed by atoms with van der Waals surface area (Å²) in [5, 5.41) is 2.62. The Kier molecular flexibility index (Phi) is 6.79. The Balaban J connectivity index is 2.75. The molecule has 0 fully saturated rings. The van der Waals surface area contributed by atoms with Gasteiger partial charge in [0.2, 0.25) is 10.0 Å². The second kappa shape index (κ2) is 7.61. The smallest absolute Gasteiger partial charge is 0.236 e. The van der Waals surface area contributed by atoms with Crippen LogP contribution < -0.4 is 10.0 Å². The van der Waals surface area contributed by atoms with Gasteiger partial charge in [-0.15, -0.1) is 0 Å². The number of sulfonamides is 1. The van der Waals surface area contributed by atoms with Crippen molar-refractivity contribution in [3.05, 3.63) is 27.1 Å². The predicted octanol–water partition coefficient (Wildman–Crippen LogP) is 3.34. The third-order valence-corrected chi connectivity index (χ3v) is 5.48. The summed E-state index contributed by atoms with van der Waals surface area (Å²) >= 11 is 6.66. The van der Waals surface area contributed by atoms with Gasteiger partial charge in [0, 0.05) is 15.5 Å². The van der Waals surface area contributed by atoms with Crippen molar-refractivity contribution < 1.29 is 8.42 Å². The molecule has 0 spiro atoms. The fraction of sp³-hybridized carbons (Fsp3) is 0.500. The first-order valence-electron chi connectivity index (χ1n) is 6.04. The van der Waals surface area contributed by atoms with Crippen LogP contribution in [0.2, 0.25) is 0 Å². The van der Waals surface area contributed by atoms with E-state index in [9.17, 15) is 8.42 Å². The van der Waals surface area contributed by atoms with Crippen molar-refractivity contribution in [1.29, 1.82) is 0 Å². The highest BCUT2D eigenvalue weighted by Crippen LogP contribution is 2.27. The number of hydrogen-bond donors (Lipinski definition) is 2. The van der Waals surface area contributed by atoms with Crippen LogP contribution in [0.25, 0.3) is 0 Å². The number of rotatable bonds is 7. The zero-order valence-corrected chi connectivity index (χ0v) is 14.9. The lowest BCUT2D eigenvalue weighted by atomic mass is 10.3. The SMILES string of the molecule is CCCNCC(C)S(=O)(=O)Nc1cc(Br)ccc1Br. The first-order chi connectivity index (χ1) is 8.86. The average molecular weight is 414 g/mol. The summed E-state index contributed by atoms with van der Waals surface area (Å²) in [5.41, 5.74) is 0.539. The maximum Gasteiger partial charge on any atom is 0.236 e. The minimum atomic E-state index is -3.40. The molecule has 7 heteroatoms. The molecule has 0 heterocycles. The van der Waals surface area contributed by atoms with Gasteiger partial charge in [-0.1, -0.05) is 22.9 Å². The lowest BCUT2D eigenvalue weighted by Crippen LogP contribution is -2.35. The maximum atomic E-state index is 12.2. The Bertz CT molecular complexity index is 520. The third kappa shape index (κ3) is 5.41. The molecular formula is C12H18Br2N2O2S. The van der Waals surface area contributed by atoms with Crippen molar-refractivity contribution in [3.63, 3.8) is 0 Å². The van der Waals surface area contributed by atoms with E-state index >= 15 is 0 Å². The summed E-state index contributed by atoms with van der Waals surface area (Å²) in [7, 11) is -3.40. The van der Waals surface area contributed by atoms with Crippen LogP contribution in [0.15, 0.2) is 27.1 Å². The van der Waals surface area contributed by atoms with Crippen molar-refractivity contribution in [2.45, 2.75) is 25.5 Å². The van der Waals surface area contributed by atoms with Gasteiger partial charge in [-0.3, -0.25) is 4.72 Å². The van der Waals surface area contributed by atoms with Crippen molar-refractivity contribution in [2.24, 2.45) is 0 Å². The summed E-state index contributed by atoms with van der Waals surface area (Å²) in [6.45, 7) is 5.00. The molecule has 0 amide bonds. The summed E-state index contributed by atoms with van der Waals surface area (Å²) in [6, 6.07) is 5.36. The standard InChI is InChI=1S/C12H18Br2N2O2S/c1-3-6-15-8-9(2)19(17,18)16-12-7-10(13)4-5-11(12)14/h4-5,7,9,15-16H,3,6,8H2,1-2H3. The van der Waals surface area contributed by atoms with Gasteiger partial charge < -0.3 is 5.32 Å². The van der Waals surface area contributed by atoms with Gasteiger partial charge in [-0.2, -0.15) is 0 Å². The van der Waals surface area contributed by atoms with E-state index in [1.165, 1.54) is 0 Å². The highest BCUT2D eigenvalue weighted by Gasteiger charge is 2.21. The summed E-state index contributed by atoms with van der Waals surface area (Å²) < 4.78 is 28.5. The van der Waals surface area contributed by atoms with E-state index in [-0.39, 0.29) is 0 Å². The molecular weight excluding hydrogens is 396 g/mol. The zero-order chi connectivity index (χ0) is 14.5. The summed E-state index contributed by atoms with van der Waals surface area (Å²) in [4.78, 5) is 0. The number of halogens is 2. The minimum Gasteiger partial charge on any atom is -0.315 e. The molecule has 0 radical (unpaired) electrons. The van der Waals surface area contributed by atoms with E-state index in [1.54, 1.807) is 19.1 Å². The quantitative estimate of drug-likeness (QED) is 0.674. The van der Waals surface area contributed by atoms with Gasteiger partial charge in [0.05, 0.1) is 10.9 Å². The van der Waals surface area contributed by atoms with Crippen LogP contribution in [0.4, 0.5) is 5.69 Å². The minimum absolute atomic E-state index is 0.439. The molecule has 0 saturated heterocycles. The first-order valence-corrected chi connectivity index (χ1v) is 9.17. The van der Waals surface area contributed by atoms with E-state index < -0.39 is 15.3 Å². The van der Waals surface area contributed by atoms with Gasteiger partial charge in [-0.05, 0) is 54.0 Å². The second-order valence-corrected chi connectivity index (χ2v) is 8.15. The van der Waals surface area contributed by atoms with Crippen LogP contribution in [0.1, 0.15) is 20.3 Å². The monoisotopic (exact) mass is 412 g/mol. The van der Waals surface area contributed by atoms with Gasteiger partial charge in [0.25, 0.3) is 0 Å². The molecule has 0 aliphatic rings. The van der Waals surface area contributed by atoms with E-state index in [2.05, 4.69) is 41.9 Å². The molecule has 1 unspecified atom stereocenters. The molecule has 4 nitrogen and oxygen atoms in total. The highest BCUT2D eigenvalue weighted by molar-refractivity contribution is 9.11. The Morgan fingerprint density at radius 1 is 1.32 bits per heavy atom. The highest BCUT2D eigenvalue weighted by atomic mass is 79.9. The molecule has 1 aromatic carbocycles. The molecule has 2 N–H and O–H groups in total. The molecule has 0 saturated carbocycles. The van der Waals surface area contributed by atoms with Crippen LogP contribution in [0.5, 0.6) is 0 Å². The normalized spacial score (nSPS) is 13.3. The number of hydrogen-bond acceptors (Lipinski definition) is 3. The molecule has 1 atom stereocenters. The molecule has 0 aliphatic heterocycles. The largest absolute Gasteiger partial charge is 0.315 e. The Morgan fingerprint density at radius 2 is 2.00 bits per heavy atom. The Labute approximate surface area is 131 Å². The second-order valence-electron chi connectivity index (χ2n) is 4.29. The molecule has 108 valence electrons. The third-order valence-electron chi connectivity index (χ3n) is 2.57. The first kappa shape index (κ1) is 16.9. The van der Waals surface area contributed by atoms with Gasteiger partial charge in [0.15, 0.2) is 0 Å². The predicted molar refractivity (Wildman–Crippen MR) is 87.0 cm³/mol. The number of benzene rings is 1. The fourth-order valence-corrected chi connectivity index (χ4v) is 3.27. The Morgan fingerprint density at radius 3 is 2.63 bits per heavy atom. The molecule has 0 aliphatic carbocycles. The fourth-order valence-electron chi connectivity index (χ4n) is 1.42. The van der Waals surface area contributed by atoms with Crippen LogP contribution >= 0.6 is 31.9 Å². The van der Waals surface area contributed by atoms with E-state index in [0.29, 0.717) is 16.7 Å². The summed E-state index contributed by atoms with van der Waals surface area (Å²) in [5.74, 6) is 0. The molecule has 0 aromatic heterocycles. The van der Waals surface area contributed by atoms with Crippen LogP contribution in [0, 0.1) is 0 Å². The van der Waals surface area contributed by atoms with Crippen LogP contribution in [-0.2, 0) is 10.0 Å². The van der Waals surface area contributed by atoms with Crippen molar-refractivity contribution in [3.8, 4) is 0 Å². The average Bonchev–Trinajstić information content (AvgIpc) is 2.33.